The quantitative estimate of drug-likeness (QED) is 0.728. The van der Waals surface area contributed by atoms with Crippen LogP contribution >= 0.6 is 0 Å². The van der Waals surface area contributed by atoms with E-state index in [0.717, 1.165) is 38.5 Å². The number of hydrogen-bond acceptors (Lipinski definition) is 4. The molecular formula is C14H25NO4S. The smallest absolute Gasteiger partial charge is 0.264 e. The lowest BCUT2D eigenvalue weighted by Gasteiger charge is -2.27. The highest BCUT2D eigenvalue weighted by Gasteiger charge is 2.31. The standard InChI is InChI=1S/C14H25NO4S/c1-20(17,18)19-11-13-8-5-9-15(13)14(16)10-12-6-3-2-4-7-12/h12-13H,2-11H2,1H3/t13-/m1/s1. The summed E-state index contributed by atoms with van der Waals surface area (Å²) in [7, 11) is -3.43. The van der Waals surface area contributed by atoms with Crippen LogP contribution in [0.15, 0.2) is 0 Å². The minimum atomic E-state index is -3.43. The SMILES string of the molecule is CS(=O)(=O)OC[C@H]1CCCN1C(=O)CC1CCCCC1. The van der Waals surface area contributed by atoms with Crippen molar-refractivity contribution < 1.29 is 17.4 Å². The minimum absolute atomic E-state index is 0.0687. The van der Waals surface area contributed by atoms with Crippen LogP contribution in [0.4, 0.5) is 0 Å². The van der Waals surface area contributed by atoms with E-state index in [2.05, 4.69) is 0 Å². The predicted molar refractivity (Wildman–Crippen MR) is 76.7 cm³/mol. The molecule has 0 aromatic carbocycles. The van der Waals surface area contributed by atoms with Gasteiger partial charge in [-0.3, -0.25) is 8.98 Å². The van der Waals surface area contributed by atoms with Gasteiger partial charge in [-0.05, 0) is 31.6 Å². The van der Waals surface area contributed by atoms with Crippen LogP contribution in [0, 0.1) is 5.92 Å². The first kappa shape index (κ1) is 15.8. The number of carbonyl (C=O) groups is 1. The molecule has 6 heteroatoms. The third-order valence-corrected chi connectivity index (χ3v) is 4.92. The van der Waals surface area contributed by atoms with Crippen LogP contribution < -0.4 is 0 Å². The van der Waals surface area contributed by atoms with Gasteiger partial charge in [-0.25, -0.2) is 0 Å². The van der Waals surface area contributed by atoms with Crippen LogP contribution in [0.5, 0.6) is 0 Å². The number of likely N-dealkylation sites (tertiary alicyclic amines) is 1. The predicted octanol–water partition coefficient (Wildman–Crippen LogP) is 1.92. The zero-order chi connectivity index (χ0) is 14.6. The Labute approximate surface area is 121 Å². The van der Waals surface area contributed by atoms with Crippen molar-refractivity contribution in [1.82, 2.24) is 4.90 Å². The Morgan fingerprint density at radius 3 is 2.50 bits per heavy atom. The maximum Gasteiger partial charge on any atom is 0.264 e. The second-order valence-corrected chi connectivity index (χ2v) is 7.72. The Balaban J connectivity index is 1.84. The van der Waals surface area contributed by atoms with E-state index < -0.39 is 10.1 Å². The van der Waals surface area contributed by atoms with E-state index in [9.17, 15) is 13.2 Å². The van der Waals surface area contributed by atoms with E-state index in [1.165, 1.54) is 19.3 Å². The van der Waals surface area contributed by atoms with Crippen molar-refractivity contribution in [2.75, 3.05) is 19.4 Å². The van der Waals surface area contributed by atoms with Gasteiger partial charge >= 0.3 is 0 Å². The Morgan fingerprint density at radius 2 is 1.85 bits per heavy atom. The molecule has 1 aliphatic heterocycles. The van der Waals surface area contributed by atoms with Gasteiger partial charge in [0.15, 0.2) is 0 Å². The van der Waals surface area contributed by atoms with Crippen LogP contribution in [-0.2, 0) is 19.1 Å². The number of rotatable bonds is 5. The van der Waals surface area contributed by atoms with Crippen LogP contribution in [0.25, 0.3) is 0 Å². The van der Waals surface area contributed by atoms with Gasteiger partial charge in [-0.15, -0.1) is 0 Å². The first-order valence-electron chi connectivity index (χ1n) is 7.59. The molecule has 2 rings (SSSR count). The summed E-state index contributed by atoms with van der Waals surface area (Å²) in [5.74, 6) is 0.699. The largest absolute Gasteiger partial charge is 0.337 e. The first-order valence-corrected chi connectivity index (χ1v) is 9.41. The van der Waals surface area contributed by atoms with Gasteiger partial charge in [0.05, 0.1) is 18.9 Å². The molecule has 1 heterocycles. The fourth-order valence-electron chi connectivity index (χ4n) is 3.29. The number of nitrogens with zero attached hydrogens (tertiary/aromatic N) is 1. The molecule has 1 amide bonds. The highest BCUT2D eigenvalue weighted by molar-refractivity contribution is 7.85. The summed E-state index contributed by atoms with van der Waals surface area (Å²) >= 11 is 0. The van der Waals surface area contributed by atoms with E-state index in [1.807, 2.05) is 4.90 Å². The molecule has 1 saturated carbocycles. The van der Waals surface area contributed by atoms with Crippen LogP contribution in [-0.4, -0.2) is 44.7 Å². The normalized spacial score (nSPS) is 25.1. The fraction of sp³-hybridized carbons (Fsp3) is 0.929. The number of hydrogen-bond donors (Lipinski definition) is 0. The number of amides is 1. The summed E-state index contributed by atoms with van der Waals surface area (Å²) in [5, 5.41) is 0. The molecule has 0 N–H and O–H groups in total. The highest BCUT2D eigenvalue weighted by Crippen LogP contribution is 2.28. The molecule has 0 radical (unpaired) electrons. The van der Waals surface area contributed by atoms with Crippen LogP contribution in [0.1, 0.15) is 51.4 Å². The second-order valence-electron chi connectivity index (χ2n) is 6.08. The Bertz CT molecular complexity index is 428. The van der Waals surface area contributed by atoms with Crippen LogP contribution in [0.2, 0.25) is 0 Å². The molecule has 20 heavy (non-hydrogen) atoms. The fourth-order valence-corrected chi connectivity index (χ4v) is 3.70. The maximum atomic E-state index is 12.4. The Morgan fingerprint density at radius 1 is 1.15 bits per heavy atom. The highest BCUT2D eigenvalue weighted by atomic mass is 32.2. The van der Waals surface area contributed by atoms with Crippen molar-refractivity contribution in [3.8, 4) is 0 Å². The molecule has 0 aromatic rings. The monoisotopic (exact) mass is 303 g/mol. The third kappa shape index (κ3) is 4.74. The van der Waals surface area contributed by atoms with Gasteiger partial charge in [-0.2, -0.15) is 8.42 Å². The van der Waals surface area contributed by atoms with Crippen molar-refractivity contribution in [3.05, 3.63) is 0 Å². The minimum Gasteiger partial charge on any atom is -0.337 e. The first-order chi connectivity index (χ1) is 9.46. The molecule has 5 nitrogen and oxygen atoms in total. The summed E-state index contributed by atoms with van der Waals surface area (Å²) in [5.41, 5.74) is 0. The van der Waals surface area contributed by atoms with E-state index in [1.54, 1.807) is 0 Å². The lowest BCUT2D eigenvalue weighted by atomic mass is 9.86. The topological polar surface area (TPSA) is 63.7 Å². The van der Waals surface area contributed by atoms with Crippen molar-refractivity contribution >= 4 is 16.0 Å². The summed E-state index contributed by atoms with van der Waals surface area (Å²) < 4.78 is 27.0. The molecule has 1 saturated heterocycles. The Kier molecular flexibility index (Phi) is 5.43. The third-order valence-electron chi connectivity index (χ3n) is 4.36. The van der Waals surface area contributed by atoms with E-state index in [4.69, 9.17) is 4.18 Å². The zero-order valence-corrected chi connectivity index (χ0v) is 13.0. The van der Waals surface area contributed by atoms with Crippen molar-refractivity contribution in [2.24, 2.45) is 5.92 Å². The molecule has 1 aliphatic carbocycles. The van der Waals surface area contributed by atoms with E-state index in [0.29, 0.717) is 12.3 Å². The van der Waals surface area contributed by atoms with E-state index in [-0.39, 0.29) is 18.6 Å². The van der Waals surface area contributed by atoms with Gasteiger partial charge in [0, 0.05) is 13.0 Å². The lowest BCUT2D eigenvalue weighted by molar-refractivity contribution is -0.133. The van der Waals surface area contributed by atoms with Crippen molar-refractivity contribution in [3.63, 3.8) is 0 Å². The van der Waals surface area contributed by atoms with E-state index >= 15 is 0 Å². The molecule has 0 bridgehead atoms. The summed E-state index contributed by atoms with van der Waals surface area (Å²) in [6.07, 6.45) is 9.52. The lowest BCUT2D eigenvalue weighted by Crippen LogP contribution is -2.39. The summed E-state index contributed by atoms with van der Waals surface area (Å²) in [6.45, 7) is 0.846. The van der Waals surface area contributed by atoms with Gasteiger partial charge in [0.1, 0.15) is 0 Å². The number of carbonyl (C=O) groups excluding carboxylic acids is 1. The van der Waals surface area contributed by atoms with Gasteiger partial charge < -0.3 is 4.90 Å². The second kappa shape index (κ2) is 6.89. The average molecular weight is 303 g/mol. The summed E-state index contributed by atoms with van der Waals surface area (Å²) in [6, 6.07) is -0.0687. The zero-order valence-electron chi connectivity index (χ0n) is 12.2. The van der Waals surface area contributed by atoms with Gasteiger partial charge in [0.2, 0.25) is 5.91 Å². The average Bonchev–Trinajstić information content (AvgIpc) is 2.85. The molecule has 116 valence electrons. The molecule has 0 unspecified atom stereocenters. The van der Waals surface area contributed by atoms with Crippen molar-refractivity contribution in [2.45, 2.75) is 57.4 Å². The maximum absolute atomic E-state index is 12.4. The Hall–Kier alpha value is -0.620. The molecule has 0 aromatic heterocycles. The summed E-state index contributed by atoms with van der Waals surface area (Å²) in [4.78, 5) is 14.2. The molecule has 1 atom stereocenters. The van der Waals surface area contributed by atoms with Crippen molar-refractivity contribution in [1.29, 1.82) is 0 Å². The molecule has 2 aliphatic rings. The molecule has 0 spiro atoms. The van der Waals surface area contributed by atoms with Gasteiger partial charge in [0.25, 0.3) is 10.1 Å². The van der Waals surface area contributed by atoms with Gasteiger partial charge in [-0.1, -0.05) is 19.3 Å². The molecule has 2 fully saturated rings. The van der Waals surface area contributed by atoms with Crippen LogP contribution in [0.3, 0.4) is 0 Å². The molecular weight excluding hydrogens is 278 g/mol.